The number of rotatable bonds is 19. The number of pyridine rings is 1. The molecule has 2 amide bonds. The number of nitrogens with zero attached hydrogens (tertiary/aromatic N) is 2. The van der Waals surface area contributed by atoms with E-state index in [0.29, 0.717) is 66.9 Å². The van der Waals surface area contributed by atoms with Crippen LogP contribution in [-0.2, 0) is 27.2 Å². The van der Waals surface area contributed by atoms with Gasteiger partial charge in [0.2, 0.25) is 11.5 Å². The summed E-state index contributed by atoms with van der Waals surface area (Å²) >= 11 is 0. The van der Waals surface area contributed by atoms with Crippen molar-refractivity contribution in [1.29, 1.82) is 0 Å². The first kappa shape index (κ1) is 42.2. The van der Waals surface area contributed by atoms with Gasteiger partial charge in [-0.05, 0) is 90.3 Å². The maximum absolute atomic E-state index is 13.2. The van der Waals surface area contributed by atoms with Gasteiger partial charge in [-0.25, -0.2) is 4.79 Å². The SMILES string of the molecule is O=C(Nc1ccccc1-c1ccccc1)O[C@H]1C[C@@H]2CN(Cc3ccc(CCOCCC(=O)N(CCNC[C@H](O)c4ccc(O)c5[nH]c(=O)ccc45)CC4CC4)cc3)C[C@@H]2C1. The molecule has 5 aromatic rings. The van der Waals surface area contributed by atoms with Gasteiger partial charge in [-0.1, -0.05) is 78.9 Å². The summed E-state index contributed by atoms with van der Waals surface area (Å²) < 4.78 is 11.8. The van der Waals surface area contributed by atoms with E-state index in [1.54, 1.807) is 12.1 Å². The standard InChI is InChI=1S/C49H57N5O7/c55-44-18-16-41(42-17-19-46(57)52-48(42)44)45(56)28-50-22-23-54(30-35-14-15-35)47(58)21-25-60-24-20-33-10-12-34(13-11-33)29-53-31-37-26-39(27-38(37)32-53)61-49(59)51-43-9-5-4-8-40(43)36-6-2-1-3-7-36/h1-13,16-19,35,37-39,45,50,55-56H,14-15,20-32H2,(H,51,59)(H,52,57)/t37-,38+,39+,45-/m0/s1. The van der Waals surface area contributed by atoms with Crippen molar-refractivity contribution in [3.8, 4) is 16.9 Å². The molecule has 1 aromatic heterocycles. The van der Waals surface area contributed by atoms with Crippen molar-refractivity contribution in [2.45, 2.75) is 57.3 Å². The van der Waals surface area contributed by atoms with Gasteiger partial charge in [-0.2, -0.15) is 0 Å². The number of carbonyl (C=O) groups excluding carboxylic acids is 2. The largest absolute Gasteiger partial charge is 0.506 e. The van der Waals surface area contributed by atoms with Crippen LogP contribution in [0.3, 0.4) is 0 Å². The summed E-state index contributed by atoms with van der Waals surface area (Å²) in [5.74, 6) is 1.64. The maximum atomic E-state index is 13.2. The van der Waals surface area contributed by atoms with Crippen LogP contribution in [0.15, 0.2) is 108 Å². The predicted molar refractivity (Wildman–Crippen MR) is 236 cm³/mol. The number of hydrogen-bond acceptors (Lipinski definition) is 9. The molecule has 3 aliphatic rings. The summed E-state index contributed by atoms with van der Waals surface area (Å²) in [5, 5.41) is 27.9. The molecule has 4 atom stereocenters. The van der Waals surface area contributed by atoms with E-state index in [1.807, 2.05) is 59.5 Å². The number of aliphatic hydroxyl groups excluding tert-OH is 1. The van der Waals surface area contributed by atoms with Crippen LogP contribution in [0.5, 0.6) is 5.75 Å². The molecular formula is C49H57N5O7. The Labute approximate surface area is 356 Å². The number of phenolic OH excluding ortho intramolecular Hbond substituents is 1. The van der Waals surface area contributed by atoms with Crippen LogP contribution in [-0.4, -0.2) is 95.6 Å². The van der Waals surface area contributed by atoms with Gasteiger partial charge in [0.1, 0.15) is 11.9 Å². The van der Waals surface area contributed by atoms with Crippen molar-refractivity contribution in [3.05, 3.63) is 130 Å². The lowest BCUT2D eigenvalue weighted by atomic mass is 10.0. The van der Waals surface area contributed by atoms with E-state index in [4.69, 9.17) is 9.47 Å². The Morgan fingerprint density at radius 1 is 0.869 bits per heavy atom. The summed E-state index contributed by atoms with van der Waals surface area (Å²) in [5.41, 5.74) is 5.84. The number of phenols is 1. The summed E-state index contributed by atoms with van der Waals surface area (Å²) in [6.45, 7) is 5.91. The van der Waals surface area contributed by atoms with E-state index in [2.05, 4.69) is 44.8 Å². The molecule has 320 valence electrons. The number of fused-ring (bicyclic) bond motifs is 2. The Kier molecular flexibility index (Phi) is 13.8. The fourth-order valence-corrected chi connectivity index (χ4v) is 9.04. The predicted octanol–water partition coefficient (Wildman–Crippen LogP) is 6.87. The molecule has 0 bridgehead atoms. The molecule has 1 saturated heterocycles. The van der Waals surface area contributed by atoms with Crippen molar-refractivity contribution in [2.75, 3.05) is 57.8 Å². The molecule has 2 heterocycles. The molecule has 12 heteroatoms. The highest BCUT2D eigenvalue weighted by Gasteiger charge is 2.42. The summed E-state index contributed by atoms with van der Waals surface area (Å²) in [6, 6.07) is 32.7. The monoisotopic (exact) mass is 827 g/mol. The number of aromatic hydroxyl groups is 1. The fraction of sp³-hybridized carbons (Fsp3) is 0.408. The highest BCUT2D eigenvalue weighted by Crippen LogP contribution is 2.40. The molecule has 12 nitrogen and oxygen atoms in total. The molecule has 3 fully saturated rings. The van der Waals surface area contributed by atoms with Crippen LogP contribution in [0.25, 0.3) is 22.0 Å². The van der Waals surface area contributed by atoms with Crippen molar-refractivity contribution < 1.29 is 29.3 Å². The summed E-state index contributed by atoms with van der Waals surface area (Å²) in [4.78, 5) is 44.9. The van der Waals surface area contributed by atoms with E-state index in [1.165, 1.54) is 23.3 Å². The lowest BCUT2D eigenvalue weighted by molar-refractivity contribution is -0.132. The molecule has 61 heavy (non-hydrogen) atoms. The van der Waals surface area contributed by atoms with Gasteiger partial charge in [-0.15, -0.1) is 0 Å². The zero-order valence-electron chi connectivity index (χ0n) is 34.6. The van der Waals surface area contributed by atoms with Gasteiger partial charge in [0.05, 0.1) is 36.9 Å². The van der Waals surface area contributed by atoms with Crippen LogP contribution >= 0.6 is 0 Å². The number of likely N-dealkylation sites (tertiary alicyclic amines) is 1. The van der Waals surface area contributed by atoms with Crippen molar-refractivity contribution in [2.24, 2.45) is 17.8 Å². The molecule has 5 N–H and O–H groups in total. The minimum atomic E-state index is -0.856. The van der Waals surface area contributed by atoms with Crippen LogP contribution in [0.4, 0.5) is 10.5 Å². The number of aliphatic hydroxyl groups is 1. The quantitative estimate of drug-likeness (QED) is 0.0561. The molecule has 0 radical (unpaired) electrons. The third kappa shape index (κ3) is 11.2. The number of amides is 2. The van der Waals surface area contributed by atoms with Crippen LogP contribution in [0, 0.1) is 17.8 Å². The second-order valence-electron chi connectivity index (χ2n) is 17.0. The smallest absolute Gasteiger partial charge is 0.411 e. The number of hydrogen-bond donors (Lipinski definition) is 5. The van der Waals surface area contributed by atoms with E-state index < -0.39 is 6.10 Å². The number of aromatic nitrogens is 1. The molecule has 2 saturated carbocycles. The first-order valence-corrected chi connectivity index (χ1v) is 21.8. The zero-order valence-corrected chi connectivity index (χ0v) is 34.6. The third-order valence-electron chi connectivity index (χ3n) is 12.4. The molecule has 4 aromatic carbocycles. The topological polar surface area (TPSA) is 156 Å². The number of nitrogens with one attached hydrogen (secondary N) is 3. The average molecular weight is 828 g/mol. The van der Waals surface area contributed by atoms with Gasteiger partial charge in [0.25, 0.3) is 0 Å². The van der Waals surface area contributed by atoms with Crippen molar-refractivity contribution in [3.63, 3.8) is 0 Å². The average Bonchev–Trinajstić information content (AvgIpc) is 3.91. The van der Waals surface area contributed by atoms with Crippen LogP contribution in [0.1, 0.15) is 54.9 Å². The Balaban J connectivity index is 0.705. The first-order chi connectivity index (χ1) is 29.8. The van der Waals surface area contributed by atoms with Gasteiger partial charge >= 0.3 is 6.09 Å². The van der Waals surface area contributed by atoms with E-state index in [9.17, 15) is 24.6 Å². The zero-order chi connectivity index (χ0) is 42.1. The number of ether oxygens (including phenoxy) is 2. The van der Waals surface area contributed by atoms with Crippen molar-refractivity contribution in [1.82, 2.24) is 20.1 Å². The molecular weight excluding hydrogens is 771 g/mol. The number of aromatic amines is 1. The van der Waals surface area contributed by atoms with Crippen LogP contribution in [0.2, 0.25) is 0 Å². The van der Waals surface area contributed by atoms with E-state index in [0.717, 1.165) is 75.1 Å². The van der Waals surface area contributed by atoms with E-state index >= 15 is 0 Å². The number of benzene rings is 4. The lowest BCUT2D eigenvalue weighted by Gasteiger charge is -2.23. The Hall–Kier alpha value is -5.53. The minimum absolute atomic E-state index is 0.0464. The molecule has 0 spiro atoms. The number of para-hydroxylation sites is 1. The number of carbonyl (C=O) groups is 2. The molecule has 8 rings (SSSR count). The molecule has 0 unspecified atom stereocenters. The Bertz CT molecular complexity index is 2300. The Morgan fingerprint density at radius 2 is 1.61 bits per heavy atom. The number of anilines is 1. The van der Waals surface area contributed by atoms with Crippen molar-refractivity contribution >= 4 is 28.6 Å². The van der Waals surface area contributed by atoms with Crippen LogP contribution < -0.4 is 16.2 Å². The second kappa shape index (κ2) is 19.9. The molecule has 1 aliphatic heterocycles. The van der Waals surface area contributed by atoms with Gasteiger partial charge in [-0.3, -0.25) is 19.8 Å². The maximum Gasteiger partial charge on any atom is 0.411 e. The minimum Gasteiger partial charge on any atom is -0.506 e. The van der Waals surface area contributed by atoms with Gasteiger partial charge < -0.3 is 34.9 Å². The Morgan fingerprint density at radius 3 is 2.38 bits per heavy atom. The normalized spacial score (nSPS) is 19.1. The highest BCUT2D eigenvalue weighted by molar-refractivity contribution is 5.91. The lowest BCUT2D eigenvalue weighted by Crippen LogP contribution is -2.39. The van der Waals surface area contributed by atoms with Gasteiger partial charge in [0, 0.05) is 62.8 Å². The van der Waals surface area contributed by atoms with E-state index in [-0.39, 0.29) is 36.0 Å². The van der Waals surface area contributed by atoms with Gasteiger partial charge in [0.15, 0.2) is 0 Å². The first-order valence-electron chi connectivity index (χ1n) is 21.8. The third-order valence-corrected chi connectivity index (χ3v) is 12.4. The second-order valence-corrected chi connectivity index (χ2v) is 17.0. The number of H-pyrrole nitrogens is 1. The fourth-order valence-electron chi connectivity index (χ4n) is 9.04. The highest BCUT2D eigenvalue weighted by atomic mass is 16.6. The summed E-state index contributed by atoms with van der Waals surface area (Å²) in [7, 11) is 0. The molecule has 2 aliphatic carbocycles. The summed E-state index contributed by atoms with van der Waals surface area (Å²) in [6.07, 6.45) is 3.87.